The van der Waals surface area contributed by atoms with Crippen molar-refractivity contribution in [3.8, 4) is 16.5 Å². The predicted octanol–water partition coefficient (Wildman–Crippen LogP) is 3.86. The highest BCUT2D eigenvalue weighted by molar-refractivity contribution is 7.13. The first kappa shape index (κ1) is 19.1. The van der Waals surface area contributed by atoms with E-state index < -0.39 is 5.97 Å². The molecule has 0 atom stereocenters. The smallest absolute Gasteiger partial charge is 0.343 e. The largest absolute Gasteiger partial charge is 0.481 e. The van der Waals surface area contributed by atoms with Gasteiger partial charge in [-0.1, -0.05) is 18.2 Å². The topological polar surface area (TPSA) is 73.6 Å². The molecule has 0 unspecified atom stereocenters. The fraction of sp³-hybridized carbons (Fsp3) is 0.300. The van der Waals surface area contributed by atoms with Crippen LogP contribution in [0.5, 0.6) is 5.75 Å². The number of rotatable bonds is 8. The second-order valence-corrected chi connectivity index (χ2v) is 7.10. The normalized spacial score (nSPS) is 10.8. The number of thiophene rings is 1. The van der Waals surface area contributed by atoms with Crippen molar-refractivity contribution in [2.75, 3.05) is 13.7 Å². The zero-order valence-electron chi connectivity index (χ0n) is 15.6. The van der Waals surface area contributed by atoms with E-state index in [1.807, 2.05) is 43.5 Å². The van der Waals surface area contributed by atoms with Gasteiger partial charge in [0.25, 0.3) is 0 Å². The minimum absolute atomic E-state index is 0.0888. The van der Waals surface area contributed by atoms with Gasteiger partial charge in [-0.25, -0.2) is 9.78 Å². The van der Waals surface area contributed by atoms with Gasteiger partial charge in [0, 0.05) is 13.1 Å². The van der Waals surface area contributed by atoms with Gasteiger partial charge in [0.15, 0.2) is 6.61 Å². The molecule has 27 heavy (non-hydrogen) atoms. The second kappa shape index (κ2) is 8.83. The minimum atomic E-state index is -0.394. The van der Waals surface area contributed by atoms with Gasteiger partial charge >= 0.3 is 5.97 Å². The standard InChI is InChI=1S/C20H22N2O4S/c1-13-7-15(8-14(2)19(13)25-12-18(23)24-3)9-21-10-16-11-26-20(22-16)17-5-4-6-27-17/h4-8,11,21H,9-10,12H2,1-3H3. The Balaban J connectivity index is 1.56. The number of carbonyl (C=O) groups excluding carboxylic acids is 1. The number of hydrogen-bond donors (Lipinski definition) is 1. The predicted molar refractivity (Wildman–Crippen MR) is 104 cm³/mol. The van der Waals surface area contributed by atoms with E-state index in [1.165, 1.54) is 7.11 Å². The fourth-order valence-corrected chi connectivity index (χ4v) is 3.45. The molecule has 6 nitrogen and oxygen atoms in total. The number of aromatic nitrogens is 1. The zero-order valence-corrected chi connectivity index (χ0v) is 16.4. The zero-order chi connectivity index (χ0) is 19.2. The van der Waals surface area contributed by atoms with Gasteiger partial charge in [0.2, 0.25) is 5.89 Å². The summed E-state index contributed by atoms with van der Waals surface area (Å²) in [7, 11) is 1.35. The van der Waals surface area contributed by atoms with Crippen LogP contribution >= 0.6 is 11.3 Å². The Kier molecular flexibility index (Phi) is 6.26. The maximum absolute atomic E-state index is 11.3. The molecule has 0 spiro atoms. The first-order valence-corrected chi connectivity index (χ1v) is 9.43. The van der Waals surface area contributed by atoms with Crippen LogP contribution in [0.25, 0.3) is 10.8 Å². The summed E-state index contributed by atoms with van der Waals surface area (Å²) in [5.41, 5.74) is 3.97. The Hall–Kier alpha value is -2.64. The monoisotopic (exact) mass is 386 g/mol. The summed E-state index contributed by atoms with van der Waals surface area (Å²) >= 11 is 1.60. The lowest BCUT2D eigenvalue weighted by Crippen LogP contribution is -2.15. The van der Waals surface area contributed by atoms with Crippen molar-refractivity contribution >= 4 is 17.3 Å². The lowest BCUT2D eigenvalue weighted by Gasteiger charge is -2.13. The molecule has 2 heterocycles. The Bertz CT molecular complexity index is 880. The summed E-state index contributed by atoms with van der Waals surface area (Å²) in [6, 6.07) is 8.06. The van der Waals surface area contributed by atoms with Crippen LogP contribution in [0, 0.1) is 13.8 Å². The van der Waals surface area contributed by atoms with Gasteiger partial charge in [0.05, 0.1) is 17.7 Å². The lowest BCUT2D eigenvalue weighted by atomic mass is 10.1. The van der Waals surface area contributed by atoms with Crippen molar-refractivity contribution in [2.45, 2.75) is 26.9 Å². The number of esters is 1. The van der Waals surface area contributed by atoms with Gasteiger partial charge in [-0.2, -0.15) is 0 Å². The Morgan fingerprint density at radius 1 is 1.26 bits per heavy atom. The summed E-state index contributed by atoms with van der Waals surface area (Å²) in [5.74, 6) is 0.982. The van der Waals surface area contributed by atoms with E-state index in [2.05, 4.69) is 15.0 Å². The third-order valence-electron chi connectivity index (χ3n) is 4.00. The van der Waals surface area contributed by atoms with Crippen molar-refractivity contribution in [2.24, 2.45) is 0 Å². The maximum Gasteiger partial charge on any atom is 0.343 e. The third-order valence-corrected chi connectivity index (χ3v) is 4.86. The Morgan fingerprint density at radius 3 is 2.70 bits per heavy atom. The average molecular weight is 386 g/mol. The maximum atomic E-state index is 11.3. The van der Waals surface area contributed by atoms with Crippen molar-refractivity contribution in [1.82, 2.24) is 10.3 Å². The number of aryl methyl sites for hydroxylation is 2. The van der Waals surface area contributed by atoms with E-state index >= 15 is 0 Å². The van der Waals surface area contributed by atoms with Gasteiger partial charge in [-0.05, 0) is 42.0 Å². The molecule has 0 aliphatic heterocycles. The fourth-order valence-electron chi connectivity index (χ4n) is 2.80. The molecule has 3 rings (SSSR count). The van der Waals surface area contributed by atoms with E-state index in [9.17, 15) is 4.79 Å². The van der Waals surface area contributed by atoms with Gasteiger partial charge < -0.3 is 19.2 Å². The number of carbonyl (C=O) groups is 1. The van der Waals surface area contributed by atoms with Crippen molar-refractivity contribution in [3.05, 3.63) is 58.3 Å². The molecule has 0 saturated carbocycles. The summed E-state index contributed by atoms with van der Waals surface area (Å²) in [6.45, 7) is 5.16. The molecule has 3 aromatic rings. The van der Waals surface area contributed by atoms with Crippen LogP contribution in [0.3, 0.4) is 0 Å². The van der Waals surface area contributed by atoms with Gasteiger partial charge in [0.1, 0.15) is 12.0 Å². The van der Waals surface area contributed by atoms with Crippen LogP contribution in [0.2, 0.25) is 0 Å². The number of benzene rings is 1. The first-order chi connectivity index (χ1) is 13.1. The molecule has 142 valence electrons. The first-order valence-electron chi connectivity index (χ1n) is 8.55. The Morgan fingerprint density at radius 2 is 2.04 bits per heavy atom. The minimum Gasteiger partial charge on any atom is -0.481 e. The summed E-state index contributed by atoms with van der Waals surface area (Å²) in [6.07, 6.45) is 1.68. The number of oxazole rings is 1. The average Bonchev–Trinajstić information content (AvgIpc) is 3.32. The Labute approximate surface area is 162 Å². The quantitative estimate of drug-likeness (QED) is 0.593. The SMILES string of the molecule is COC(=O)COc1c(C)cc(CNCc2coc(-c3cccs3)n2)cc1C. The van der Waals surface area contributed by atoms with Crippen LogP contribution in [0.15, 0.2) is 40.3 Å². The van der Waals surface area contributed by atoms with Crippen LogP contribution in [0.4, 0.5) is 0 Å². The van der Waals surface area contributed by atoms with Crippen LogP contribution in [-0.2, 0) is 22.6 Å². The highest BCUT2D eigenvalue weighted by atomic mass is 32.1. The molecule has 0 amide bonds. The van der Waals surface area contributed by atoms with E-state index in [1.54, 1.807) is 17.6 Å². The molecule has 0 aliphatic rings. The molecular weight excluding hydrogens is 364 g/mol. The molecule has 0 aliphatic carbocycles. The number of nitrogens with zero attached hydrogens (tertiary/aromatic N) is 1. The molecule has 0 fully saturated rings. The molecule has 2 aromatic heterocycles. The number of ether oxygens (including phenoxy) is 2. The van der Waals surface area contributed by atoms with Crippen LogP contribution in [-0.4, -0.2) is 24.7 Å². The second-order valence-electron chi connectivity index (χ2n) is 6.15. The van der Waals surface area contributed by atoms with E-state index in [0.717, 1.165) is 33.0 Å². The molecule has 0 radical (unpaired) electrons. The van der Waals surface area contributed by atoms with Gasteiger partial charge in [-0.15, -0.1) is 11.3 Å². The highest BCUT2D eigenvalue weighted by Crippen LogP contribution is 2.25. The number of nitrogens with one attached hydrogen (secondary N) is 1. The van der Waals surface area contributed by atoms with E-state index in [4.69, 9.17) is 9.15 Å². The highest BCUT2D eigenvalue weighted by Gasteiger charge is 2.10. The van der Waals surface area contributed by atoms with Crippen LogP contribution in [0.1, 0.15) is 22.4 Å². The lowest BCUT2D eigenvalue weighted by molar-refractivity contribution is -0.142. The molecule has 7 heteroatoms. The number of methoxy groups -OCH3 is 1. The number of hydrogen-bond acceptors (Lipinski definition) is 7. The molecular formula is C20H22N2O4S. The molecule has 1 aromatic carbocycles. The summed E-state index contributed by atoms with van der Waals surface area (Å²) < 4.78 is 15.7. The van der Waals surface area contributed by atoms with Crippen molar-refractivity contribution < 1.29 is 18.7 Å². The molecule has 1 N–H and O–H groups in total. The van der Waals surface area contributed by atoms with Crippen LogP contribution < -0.4 is 10.1 Å². The van der Waals surface area contributed by atoms with E-state index in [0.29, 0.717) is 19.0 Å². The van der Waals surface area contributed by atoms with Crippen molar-refractivity contribution in [1.29, 1.82) is 0 Å². The van der Waals surface area contributed by atoms with E-state index in [-0.39, 0.29) is 6.61 Å². The van der Waals surface area contributed by atoms with Gasteiger partial charge in [-0.3, -0.25) is 0 Å². The summed E-state index contributed by atoms with van der Waals surface area (Å²) in [5, 5.41) is 5.38. The summed E-state index contributed by atoms with van der Waals surface area (Å²) in [4.78, 5) is 16.8. The van der Waals surface area contributed by atoms with Crippen molar-refractivity contribution in [3.63, 3.8) is 0 Å². The molecule has 0 saturated heterocycles. The molecule has 0 bridgehead atoms. The third kappa shape index (κ3) is 4.96.